The Labute approximate surface area is 356 Å². The molecular weight excluding hydrogens is 719 g/mol. The Hall–Kier alpha value is -3.47. The van der Waals surface area contributed by atoms with Gasteiger partial charge in [0.1, 0.15) is 5.76 Å². The quantitative estimate of drug-likeness (QED) is 0.126. The van der Waals surface area contributed by atoms with Crippen LogP contribution < -0.4 is 4.57 Å². The van der Waals surface area contributed by atoms with Gasteiger partial charge in [0, 0.05) is 44.6 Å². The van der Waals surface area contributed by atoms with Crippen molar-refractivity contribution in [1.29, 1.82) is 0 Å². The van der Waals surface area contributed by atoms with E-state index in [1.807, 2.05) is 0 Å². The Morgan fingerprint density at radius 2 is 1.47 bits per heavy atom. The zero-order chi connectivity index (χ0) is 41.6. The minimum absolute atomic E-state index is 0.0468. The molecule has 0 amide bonds. The van der Waals surface area contributed by atoms with E-state index in [2.05, 4.69) is 144 Å². The number of hydrogen-bond acceptors (Lipinski definition) is 3. The van der Waals surface area contributed by atoms with Crippen molar-refractivity contribution in [3.63, 3.8) is 0 Å². The van der Waals surface area contributed by atoms with Gasteiger partial charge in [0.25, 0.3) is 0 Å². The molecule has 5 aromatic rings. The van der Waals surface area contributed by atoms with E-state index in [9.17, 15) is 0 Å². The van der Waals surface area contributed by atoms with E-state index in [4.69, 9.17) is 11.0 Å². The summed E-state index contributed by atoms with van der Waals surface area (Å²) in [5.41, 5.74) is 8.62. The number of hydrogen-bond donors (Lipinski definition) is 0. The predicted molar refractivity (Wildman–Crippen MR) is 249 cm³/mol. The Morgan fingerprint density at radius 3 is 2.08 bits per heavy atom. The first kappa shape index (κ1) is 40.9. The fraction of sp³-hybridized carbons (Fsp3) is 0.582. The highest BCUT2D eigenvalue weighted by atomic mass is 16.3. The molecule has 0 spiro atoms. The molecule has 4 atom stereocenters. The Kier molecular flexibility index (Phi) is 10.5. The summed E-state index contributed by atoms with van der Waals surface area (Å²) < 4.78 is 10.0. The van der Waals surface area contributed by atoms with E-state index in [0.29, 0.717) is 30.1 Å². The molecular formula is C55H74N3O+. The fourth-order valence-electron chi connectivity index (χ4n) is 13.3. The lowest BCUT2D eigenvalue weighted by Gasteiger charge is -2.60. The molecule has 2 aliphatic heterocycles. The van der Waals surface area contributed by atoms with Gasteiger partial charge in [0.2, 0.25) is 11.2 Å². The first-order valence-electron chi connectivity index (χ1n) is 23.8. The third-order valence-electron chi connectivity index (χ3n) is 16.1. The van der Waals surface area contributed by atoms with Crippen LogP contribution in [0.2, 0.25) is 0 Å². The average Bonchev–Trinajstić information content (AvgIpc) is 3.62. The van der Waals surface area contributed by atoms with Crippen molar-refractivity contribution in [3.8, 4) is 11.3 Å². The van der Waals surface area contributed by atoms with E-state index >= 15 is 0 Å². The van der Waals surface area contributed by atoms with E-state index in [1.165, 1.54) is 119 Å². The topological polar surface area (TPSA) is 23.5 Å². The molecule has 4 nitrogen and oxygen atoms in total. The molecule has 4 aliphatic rings. The number of aryl methyl sites for hydroxylation is 1. The highest BCUT2D eigenvalue weighted by Crippen LogP contribution is 2.58. The second-order valence-corrected chi connectivity index (χ2v) is 21.8. The van der Waals surface area contributed by atoms with Gasteiger partial charge >= 0.3 is 0 Å². The lowest BCUT2D eigenvalue weighted by atomic mass is 9.55. The summed E-state index contributed by atoms with van der Waals surface area (Å²) in [6.45, 7) is 31.5. The van der Waals surface area contributed by atoms with Crippen LogP contribution in [0.5, 0.6) is 0 Å². The van der Waals surface area contributed by atoms with Gasteiger partial charge in [0.05, 0.1) is 33.8 Å². The molecule has 2 aromatic heterocycles. The Balaban J connectivity index is 1.47. The van der Waals surface area contributed by atoms with Crippen LogP contribution in [0.3, 0.4) is 0 Å². The van der Waals surface area contributed by atoms with Crippen LogP contribution in [0.25, 0.3) is 43.9 Å². The van der Waals surface area contributed by atoms with Gasteiger partial charge in [0.15, 0.2) is 11.1 Å². The number of rotatable bonds is 6. The number of nitrogens with zero attached hydrogens (tertiary/aromatic N) is 3. The molecule has 59 heavy (non-hydrogen) atoms. The summed E-state index contributed by atoms with van der Waals surface area (Å²) in [6.07, 6.45) is 17.0. The van der Waals surface area contributed by atoms with Gasteiger partial charge in [-0.1, -0.05) is 129 Å². The standard InChI is InChI=1S/C55H74N3O/c1-12-38-33-56(39-23-15-13-16-24-39)52(36(4)5)57(40-25-17-14-18-26-40)34-54(10)49-43-28-20-19-27-42(43)46(53(7,8)9)32-44(49)50-45-31-41(30-35(2)3)59-51(45)48-37(6)22-21-29-47(48)58(50)55(38,54)11/h12,19-22,27-29,31-32,35-36,38-40,52H,1,13-18,23-26,30,33-34H2,2-11H3/q+1. The molecule has 2 saturated carbocycles. The van der Waals surface area contributed by atoms with Crippen LogP contribution in [0, 0.1) is 24.7 Å². The molecule has 0 bridgehead atoms. The van der Waals surface area contributed by atoms with E-state index in [1.54, 1.807) is 0 Å². The minimum Gasteiger partial charge on any atom is -0.460 e. The van der Waals surface area contributed by atoms with Crippen molar-refractivity contribution in [2.75, 3.05) is 13.1 Å². The van der Waals surface area contributed by atoms with Gasteiger partial charge < -0.3 is 4.42 Å². The summed E-state index contributed by atoms with van der Waals surface area (Å²) in [5, 5.41) is 5.36. The lowest BCUT2D eigenvalue weighted by molar-refractivity contribution is -0.748. The normalized spacial score (nSPS) is 26.6. The number of furan rings is 1. The molecule has 4 heterocycles. The number of fused-ring (bicyclic) bond motifs is 13. The molecule has 4 unspecified atom stereocenters. The first-order chi connectivity index (χ1) is 28.2. The average molecular weight is 793 g/mol. The molecule has 0 radical (unpaired) electrons. The van der Waals surface area contributed by atoms with Gasteiger partial charge in [-0.15, -0.1) is 6.58 Å². The molecule has 2 aliphatic carbocycles. The molecule has 314 valence electrons. The minimum atomic E-state index is -0.374. The molecule has 4 heteroatoms. The Bertz CT molecular complexity index is 2380. The molecule has 3 fully saturated rings. The van der Waals surface area contributed by atoms with Crippen molar-refractivity contribution >= 4 is 32.6 Å². The van der Waals surface area contributed by atoms with Crippen LogP contribution in [-0.2, 0) is 22.8 Å². The molecule has 1 saturated heterocycles. The van der Waals surface area contributed by atoms with Crippen molar-refractivity contribution < 1.29 is 8.98 Å². The fourth-order valence-corrected chi connectivity index (χ4v) is 13.3. The van der Waals surface area contributed by atoms with Crippen LogP contribution in [0.15, 0.2) is 71.7 Å². The van der Waals surface area contributed by atoms with Crippen LogP contribution in [0.4, 0.5) is 0 Å². The van der Waals surface area contributed by atoms with E-state index in [-0.39, 0.29) is 22.3 Å². The van der Waals surface area contributed by atoms with Gasteiger partial charge in [-0.2, -0.15) is 4.57 Å². The van der Waals surface area contributed by atoms with Gasteiger partial charge in [-0.05, 0) is 96.4 Å². The largest absolute Gasteiger partial charge is 0.460 e. The molecule has 0 N–H and O–H groups in total. The highest BCUT2D eigenvalue weighted by Gasteiger charge is 2.66. The first-order valence-corrected chi connectivity index (χ1v) is 23.8. The van der Waals surface area contributed by atoms with E-state index in [0.717, 1.165) is 30.9 Å². The zero-order valence-corrected chi connectivity index (χ0v) is 38.4. The van der Waals surface area contributed by atoms with Crippen LogP contribution in [-0.4, -0.2) is 41.1 Å². The number of benzene rings is 3. The highest BCUT2D eigenvalue weighted by molar-refractivity contribution is 6.09. The van der Waals surface area contributed by atoms with Crippen LogP contribution in [0.1, 0.15) is 149 Å². The summed E-state index contributed by atoms with van der Waals surface area (Å²) in [7, 11) is 0. The van der Waals surface area contributed by atoms with Crippen LogP contribution >= 0.6 is 0 Å². The molecule has 9 rings (SSSR count). The second-order valence-electron chi connectivity index (χ2n) is 21.8. The lowest BCUT2D eigenvalue weighted by Crippen LogP contribution is -2.77. The predicted octanol–water partition coefficient (Wildman–Crippen LogP) is 13.6. The third-order valence-corrected chi connectivity index (χ3v) is 16.1. The maximum atomic E-state index is 7.11. The van der Waals surface area contributed by atoms with Crippen molar-refractivity contribution in [2.45, 2.75) is 174 Å². The van der Waals surface area contributed by atoms with Crippen molar-refractivity contribution in [3.05, 3.63) is 89.7 Å². The molecule has 3 aromatic carbocycles. The number of aromatic nitrogens is 1. The van der Waals surface area contributed by atoms with Crippen molar-refractivity contribution in [2.24, 2.45) is 17.8 Å². The monoisotopic (exact) mass is 793 g/mol. The summed E-state index contributed by atoms with van der Waals surface area (Å²) in [4.78, 5) is 6.19. The summed E-state index contributed by atoms with van der Waals surface area (Å²) in [5.74, 6) is 2.28. The van der Waals surface area contributed by atoms with Gasteiger partial charge in [-0.25, -0.2) is 0 Å². The maximum absolute atomic E-state index is 7.11. The van der Waals surface area contributed by atoms with E-state index < -0.39 is 0 Å². The zero-order valence-electron chi connectivity index (χ0n) is 38.4. The maximum Gasteiger partial charge on any atom is 0.225 e. The van der Waals surface area contributed by atoms with Gasteiger partial charge in [-0.3, -0.25) is 9.80 Å². The number of pyridine rings is 1. The summed E-state index contributed by atoms with van der Waals surface area (Å²) in [6, 6.07) is 22.8. The second kappa shape index (κ2) is 15.2. The summed E-state index contributed by atoms with van der Waals surface area (Å²) >= 11 is 0. The third kappa shape index (κ3) is 6.38. The smallest absolute Gasteiger partial charge is 0.225 e. The Morgan fingerprint density at radius 1 is 0.831 bits per heavy atom. The SMILES string of the molecule is C=CC1CN(C2CCCCC2)C(C(C)C)N(C2CCCCC2)CC2(C)c3c(cc(C(C)(C)C)c4ccccc34)-c3c4cc(CC(C)C)oc4c4c(C)cccc4[n+]3C12C. The van der Waals surface area contributed by atoms with Crippen molar-refractivity contribution in [1.82, 2.24) is 9.80 Å².